The van der Waals surface area contributed by atoms with Crippen molar-refractivity contribution >= 4 is 22.0 Å². The average molecular weight is 1540 g/mol. The van der Waals surface area contributed by atoms with Crippen LogP contribution in [0.4, 0.5) is 0 Å². The number of fused-ring (bicyclic) bond motifs is 6. The summed E-state index contributed by atoms with van der Waals surface area (Å²) in [5.74, 6) is 3.95. The van der Waals surface area contributed by atoms with E-state index in [-0.39, 0.29) is 96.1 Å². The van der Waals surface area contributed by atoms with E-state index in [1.54, 1.807) is 34.6 Å². The van der Waals surface area contributed by atoms with Crippen molar-refractivity contribution in [3.63, 3.8) is 0 Å². The molecule has 10 fully saturated rings. The van der Waals surface area contributed by atoms with Gasteiger partial charge in [0.1, 0.15) is 13.2 Å². The second-order valence-electron chi connectivity index (χ2n) is 43.0. The van der Waals surface area contributed by atoms with E-state index < -0.39 is 15.6 Å². The monoisotopic (exact) mass is 1540 g/mol. The van der Waals surface area contributed by atoms with Crippen molar-refractivity contribution in [1.82, 2.24) is 4.31 Å². The van der Waals surface area contributed by atoms with Crippen molar-refractivity contribution in [2.24, 2.45) is 131 Å². The van der Waals surface area contributed by atoms with Crippen LogP contribution in [0, 0.1) is 138 Å². The first-order valence-corrected chi connectivity index (χ1v) is 46.1. The van der Waals surface area contributed by atoms with Crippen LogP contribution >= 0.6 is 0 Å². The van der Waals surface area contributed by atoms with E-state index in [4.69, 9.17) is 28.4 Å². The summed E-state index contributed by atoms with van der Waals surface area (Å²) in [5, 5.41) is 0. The first-order chi connectivity index (χ1) is 52.4. The van der Waals surface area contributed by atoms with Crippen LogP contribution in [0.1, 0.15) is 276 Å². The van der Waals surface area contributed by atoms with Crippen molar-refractivity contribution in [2.75, 3.05) is 46.7 Å². The zero-order valence-corrected chi connectivity index (χ0v) is 73.3. The topological polar surface area (TPSA) is 127 Å². The Bertz CT molecular complexity index is 3990. The van der Waals surface area contributed by atoms with Gasteiger partial charge < -0.3 is 28.4 Å². The lowest BCUT2D eigenvalue weighted by atomic mass is 9.34. The van der Waals surface area contributed by atoms with Crippen molar-refractivity contribution in [3.8, 4) is 0 Å². The predicted molar refractivity (Wildman–Crippen MR) is 445 cm³/mol. The first kappa shape index (κ1) is 83.3. The highest BCUT2D eigenvalue weighted by atomic mass is 32.2. The fraction of sp³-hybridized carbons (Fsp3) is 0.758. The summed E-state index contributed by atoms with van der Waals surface area (Å²) in [6.07, 6.45) is 29.9. The quantitative estimate of drug-likeness (QED) is 0.0845. The maximum absolute atomic E-state index is 14.9. The van der Waals surface area contributed by atoms with Gasteiger partial charge in [-0.1, -0.05) is 258 Å². The number of allylic oxidation sites excluding steroid dienone is 2. The molecule has 15 rings (SSSR count). The molecule has 12 heteroatoms. The summed E-state index contributed by atoms with van der Waals surface area (Å²) in [5.41, 5.74) is 5.16. The first-order valence-electron chi connectivity index (χ1n) is 44.7. The van der Waals surface area contributed by atoms with Crippen LogP contribution in [-0.4, -0.2) is 89.1 Å². The molecule has 2 aliphatic heterocycles. The van der Waals surface area contributed by atoms with E-state index >= 15 is 0 Å². The number of rotatable bonds is 19. The van der Waals surface area contributed by atoms with Gasteiger partial charge in [0.2, 0.25) is 10.0 Å². The Labute approximate surface area is 672 Å². The zero-order chi connectivity index (χ0) is 79.5. The van der Waals surface area contributed by atoms with Crippen molar-refractivity contribution in [2.45, 2.75) is 302 Å². The molecule has 614 valence electrons. The van der Waals surface area contributed by atoms with E-state index in [1.807, 2.05) is 67.6 Å². The number of benzene rings is 3. The molecule has 0 aromatic heterocycles. The Morgan fingerprint density at radius 2 is 0.901 bits per heavy atom. The summed E-state index contributed by atoms with van der Waals surface area (Å²) < 4.78 is 70.9. The predicted octanol–water partition coefficient (Wildman–Crippen LogP) is 22.8. The summed E-state index contributed by atoms with van der Waals surface area (Å²) in [6.45, 7) is 48.3. The van der Waals surface area contributed by atoms with E-state index in [2.05, 4.69) is 142 Å². The molecular weight excluding hydrogens is 1400 g/mol. The highest BCUT2D eigenvalue weighted by molar-refractivity contribution is 7.89. The number of likely N-dealkylation sites (N-methyl/N-ethyl adjacent to an activating group) is 1. The van der Waals surface area contributed by atoms with Gasteiger partial charge >= 0.3 is 11.9 Å². The zero-order valence-electron chi connectivity index (χ0n) is 72.5. The second-order valence-corrected chi connectivity index (χ2v) is 44.9. The minimum atomic E-state index is -3.72. The molecule has 8 saturated carbocycles. The van der Waals surface area contributed by atoms with Crippen LogP contribution in [0.3, 0.4) is 0 Å². The highest BCUT2D eigenvalue weighted by Crippen LogP contribution is 2.78. The third-order valence-corrected chi connectivity index (χ3v) is 38.5. The van der Waals surface area contributed by atoms with Crippen LogP contribution in [-0.2, 0) is 61.2 Å². The molecule has 0 unspecified atom stereocenters. The smallest absolute Gasteiger partial charge is 0.310 e. The van der Waals surface area contributed by atoms with E-state index in [1.165, 1.54) is 51.4 Å². The van der Waals surface area contributed by atoms with E-state index in [9.17, 15) is 18.0 Å². The third kappa shape index (κ3) is 13.6. The molecule has 0 spiro atoms. The van der Waals surface area contributed by atoms with Gasteiger partial charge in [-0.2, -0.15) is 4.31 Å². The van der Waals surface area contributed by atoms with Crippen LogP contribution in [0.5, 0.6) is 0 Å². The van der Waals surface area contributed by atoms with Gasteiger partial charge in [0, 0.05) is 28.7 Å². The molecule has 0 N–H and O–H groups in total. The normalized spacial score (nSPS) is 41.2. The van der Waals surface area contributed by atoms with Crippen molar-refractivity contribution < 1.29 is 46.4 Å². The third-order valence-electron chi connectivity index (χ3n) is 36.5. The maximum atomic E-state index is 14.9. The molecule has 11 nitrogen and oxygen atoms in total. The van der Waals surface area contributed by atoms with Crippen molar-refractivity contribution in [3.05, 3.63) is 125 Å². The van der Waals surface area contributed by atoms with Crippen LogP contribution in [0.2, 0.25) is 0 Å². The van der Waals surface area contributed by atoms with Gasteiger partial charge in [0.25, 0.3) is 0 Å². The molecule has 10 aliphatic carbocycles. The lowest BCUT2D eigenvalue weighted by Crippen LogP contribution is -2.69. The standard InChI is InChI=1S/C53H77NO6S.C46H70O4/c1-36(2)39(5)48(6)29-30-50(8)42-23-24-44-49(7)33-58-35-53(44,43(42)25-28-51(50,9)45(48)47(55)59-32-40-17-13-11-14-18-40)31-38(4)46(49)60-34-52(26-15-12-16-27-52)54(10)61(56,57)41-21-19-37(3)20-22-41;1-31(2)33(4)42(6)24-25-44(8)35-18-19-37-43(7)29-48-30-46(37,26-32(3)39(43)50-28-41(5)21-14-11-15-22-41)36(35)20-23-45(44,9)38(42)40(47)49-27-34-16-12-10-13-17-34/h11,13-14,17-22,25,36,38-39,42,44-46H,12,15-16,23-24,26-35H2,1-10H3;10,12-13,16-17,20,31-33,35,37-39H,11,14-15,18-19,21-30H2,1-9H3/t38-,39-,42+,44+,45-,46+,48-,49+,50-,51+,53+;32-,33-,35+,37+,38-,39+,42-,43+,44-,45+,46+/m11/s1. The van der Waals surface area contributed by atoms with E-state index in [0.29, 0.717) is 90.0 Å². The minimum Gasteiger partial charge on any atom is -0.461 e. The molecule has 22 atom stereocenters. The number of sulfonamides is 1. The number of aryl methyl sites for hydroxylation is 1. The van der Waals surface area contributed by atoms with Gasteiger partial charge in [-0.05, 0) is 230 Å². The lowest BCUT2D eigenvalue weighted by molar-refractivity contribution is -0.255. The Hall–Kier alpha value is -4.17. The Morgan fingerprint density at radius 3 is 1.32 bits per heavy atom. The SMILES string of the molecule is CC(C)[C@@H](C)[C@@]1(C)CC[C@]2(C)[C@H]3CC[C@@H]4[C@@]5(COC[C@]4(C)[C@@H](OCC4(C)CCCCC4)[C@H](C)C5)C3=CC[C@@]2(C)[C@@H]1C(=O)OCc1ccccc1.Cc1ccc(S(=O)(=O)N(C)C2(CO[C@H]3[C@H](C)C[C@@]45COC[C@@]3(C)[C@@H]4CC[C@H]3C5=CC[C@@]4(C)[C@H](C(=O)OCc5ccccc5)[C@@](C)([C@H](C)C(C)C)CC[C@]34C)CCCCC2)cc1. The minimum absolute atomic E-state index is 0.0173. The Balaban J connectivity index is 0.000000188. The van der Waals surface area contributed by atoms with Gasteiger partial charge in [0.05, 0.1) is 74.1 Å². The number of carbonyl (C=O) groups excluding carboxylic acids is 2. The number of hydrogen-bond acceptors (Lipinski definition) is 10. The molecule has 3 aromatic carbocycles. The largest absolute Gasteiger partial charge is 0.461 e. The van der Waals surface area contributed by atoms with Gasteiger partial charge in [-0.25, -0.2) is 8.42 Å². The van der Waals surface area contributed by atoms with E-state index in [0.717, 1.165) is 133 Å². The number of esters is 2. The van der Waals surface area contributed by atoms with Gasteiger partial charge in [-0.15, -0.1) is 0 Å². The number of carbonyl (C=O) groups is 2. The maximum Gasteiger partial charge on any atom is 0.310 e. The fourth-order valence-corrected chi connectivity index (χ4v) is 30.8. The van der Waals surface area contributed by atoms with Gasteiger partial charge in [0.15, 0.2) is 0 Å². The molecule has 4 bridgehead atoms. The molecule has 0 amide bonds. The van der Waals surface area contributed by atoms with Crippen LogP contribution in [0.15, 0.2) is 113 Å². The van der Waals surface area contributed by atoms with Crippen LogP contribution < -0.4 is 0 Å². The Kier molecular flexibility index (Phi) is 23.0. The Morgan fingerprint density at radius 1 is 0.495 bits per heavy atom. The van der Waals surface area contributed by atoms with Crippen LogP contribution in [0.25, 0.3) is 0 Å². The number of ether oxygens (including phenoxy) is 6. The van der Waals surface area contributed by atoms with Gasteiger partial charge in [-0.3, -0.25) is 9.59 Å². The molecule has 2 heterocycles. The number of nitrogens with zero attached hydrogens (tertiary/aromatic N) is 1. The molecule has 3 aromatic rings. The summed E-state index contributed by atoms with van der Waals surface area (Å²) in [4.78, 5) is 29.9. The molecule has 12 aliphatic rings. The average Bonchev–Trinajstić information content (AvgIpc) is 0.674. The highest BCUT2D eigenvalue weighted by Gasteiger charge is 2.74. The second kappa shape index (κ2) is 30.6. The molecule has 2 saturated heterocycles. The summed E-state index contributed by atoms with van der Waals surface area (Å²) >= 11 is 0. The summed E-state index contributed by atoms with van der Waals surface area (Å²) in [6, 6.07) is 27.7. The lowest BCUT2D eigenvalue weighted by Gasteiger charge is -2.71. The molecule has 0 radical (unpaired) electrons. The van der Waals surface area contributed by atoms with Crippen molar-refractivity contribution in [1.29, 1.82) is 0 Å². The molecular formula is C99H147NO10S. The fourth-order valence-electron chi connectivity index (χ4n) is 29.3. The summed E-state index contributed by atoms with van der Waals surface area (Å²) in [7, 11) is -1.92. The number of hydrogen-bond donors (Lipinski definition) is 0. The molecule has 111 heavy (non-hydrogen) atoms.